The highest BCUT2D eigenvalue weighted by Gasteiger charge is 2.04. The summed E-state index contributed by atoms with van der Waals surface area (Å²) < 4.78 is 0. The van der Waals surface area contributed by atoms with Crippen LogP contribution in [0.2, 0.25) is 0 Å². The van der Waals surface area contributed by atoms with Gasteiger partial charge in [0.1, 0.15) is 0 Å². The third-order valence-corrected chi connectivity index (χ3v) is 3.48. The fourth-order valence-corrected chi connectivity index (χ4v) is 2.43. The number of nitrogens with zero attached hydrogens (tertiary/aromatic N) is 1. The average molecular weight is 212 g/mol. The smallest absolute Gasteiger partial charge is 0.0935 e. The zero-order valence-electron chi connectivity index (χ0n) is 9.34. The van der Waals surface area contributed by atoms with Crippen LogP contribution in [0, 0.1) is 6.92 Å². The van der Waals surface area contributed by atoms with Crippen molar-refractivity contribution < 1.29 is 0 Å². The molecule has 1 rings (SSSR count). The van der Waals surface area contributed by atoms with Gasteiger partial charge in [-0.2, -0.15) is 0 Å². The van der Waals surface area contributed by atoms with E-state index in [2.05, 4.69) is 35.6 Å². The van der Waals surface area contributed by atoms with Crippen LogP contribution in [0.15, 0.2) is 11.4 Å². The van der Waals surface area contributed by atoms with Crippen LogP contribution in [-0.2, 0) is 0 Å². The largest absolute Gasteiger partial charge is 0.366 e. The standard InChI is InChI=1S/C11H20N2S/c1-10-6-9-14-11(10)13(3)8-5-4-7-12-2/h6,9,12H,4-5,7-8H2,1-3H3. The predicted molar refractivity (Wildman–Crippen MR) is 65.5 cm³/mol. The van der Waals surface area contributed by atoms with E-state index in [0.717, 1.165) is 13.1 Å². The van der Waals surface area contributed by atoms with E-state index >= 15 is 0 Å². The molecule has 0 aliphatic heterocycles. The predicted octanol–water partition coefficient (Wildman–Crippen LogP) is 2.49. The van der Waals surface area contributed by atoms with E-state index in [0.29, 0.717) is 0 Å². The molecule has 1 aromatic heterocycles. The van der Waals surface area contributed by atoms with Crippen molar-refractivity contribution >= 4 is 16.3 Å². The molecule has 2 nitrogen and oxygen atoms in total. The average Bonchev–Trinajstić information content (AvgIpc) is 2.59. The SMILES string of the molecule is CNCCCCN(C)c1sccc1C. The number of hydrogen-bond acceptors (Lipinski definition) is 3. The number of anilines is 1. The summed E-state index contributed by atoms with van der Waals surface area (Å²) in [4.78, 5) is 2.36. The third kappa shape index (κ3) is 3.31. The quantitative estimate of drug-likeness (QED) is 0.729. The molecule has 0 amide bonds. The first kappa shape index (κ1) is 11.5. The molecule has 1 aromatic rings. The van der Waals surface area contributed by atoms with Crippen molar-refractivity contribution in [1.82, 2.24) is 5.32 Å². The molecule has 0 saturated heterocycles. The summed E-state index contributed by atoms with van der Waals surface area (Å²) in [5, 5.41) is 6.74. The second-order valence-electron chi connectivity index (χ2n) is 3.64. The number of nitrogens with one attached hydrogen (secondary N) is 1. The number of rotatable bonds is 6. The lowest BCUT2D eigenvalue weighted by atomic mass is 10.3. The Labute approximate surface area is 90.9 Å². The van der Waals surface area contributed by atoms with E-state index in [4.69, 9.17) is 0 Å². The van der Waals surface area contributed by atoms with Crippen molar-refractivity contribution in [2.45, 2.75) is 19.8 Å². The molecule has 0 aromatic carbocycles. The molecule has 0 radical (unpaired) electrons. The van der Waals surface area contributed by atoms with Gasteiger partial charge in [0.15, 0.2) is 0 Å². The van der Waals surface area contributed by atoms with Gasteiger partial charge in [0, 0.05) is 13.6 Å². The summed E-state index contributed by atoms with van der Waals surface area (Å²) in [6, 6.07) is 2.18. The van der Waals surface area contributed by atoms with Gasteiger partial charge in [-0.3, -0.25) is 0 Å². The lowest BCUT2D eigenvalue weighted by Crippen LogP contribution is -2.19. The van der Waals surface area contributed by atoms with Gasteiger partial charge in [0.05, 0.1) is 5.00 Å². The van der Waals surface area contributed by atoms with Gasteiger partial charge in [-0.25, -0.2) is 0 Å². The molecule has 14 heavy (non-hydrogen) atoms. The van der Waals surface area contributed by atoms with Crippen LogP contribution in [-0.4, -0.2) is 27.2 Å². The minimum absolute atomic E-state index is 1.12. The second-order valence-corrected chi connectivity index (χ2v) is 4.54. The van der Waals surface area contributed by atoms with Gasteiger partial charge in [-0.05, 0) is 50.4 Å². The highest BCUT2D eigenvalue weighted by atomic mass is 32.1. The van der Waals surface area contributed by atoms with E-state index in [1.54, 1.807) is 0 Å². The van der Waals surface area contributed by atoms with Crippen molar-refractivity contribution in [3.63, 3.8) is 0 Å². The van der Waals surface area contributed by atoms with Gasteiger partial charge in [0.25, 0.3) is 0 Å². The van der Waals surface area contributed by atoms with Crippen molar-refractivity contribution in [1.29, 1.82) is 0 Å². The summed E-state index contributed by atoms with van der Waals surface area (Å²) in [5.74, 6) is 0. The fourth-order valence-electron chi connectivity index (χ4n) is 1.51. The molecule has 0 aliphatic carbocycles. The van der Waals surface area contributed by atoms with Crippen LogP contribution < -0.4 is 10.2 Å². The van der Waals surface area contributed by atoms with E-state index < -0.39 is 0 Å². The van der Waals surface area contributed by atoms with Gasteiger partial charge < -0.3 is 10.2 Å². The van der Waals surface area contributed by atoms with Crippen LogP contribution in [0.5, 0.6) is 0 Å². The Balaban J connectivity index is 2.28. The monoisotopic (exact) mass is 212 g/mol. The van der Waals surface area contributed by atoms with E-state index in [-0.39, 0.29) is 0 Å². The van der Waals surface area contributed by atoms with Crippen molar-refractivity contribution in [3.05, 3.63) is 17.0 Å². The molecular weight excluding hydrogens is 192 g/mol. The van der Waals surface area contributed by atoms with Crippen molar-refractivity contribution in [3.8, 4) is 0 Å². The van der Waals surface area contributed by atoms with Crippen molar-refractivity contribution in [2.24, 2.45) is 0 Å². The summed E-state index contributed by atoms with van der Waals surface area (Å²) in [5.41, 5.74) is 1.39. The summed E-state index contributed by atoms with van der Waals surface area (Å²) in [6.07, 6.45) is 2.51. The van der Waals surface area contributed by atoms with Gasteiger partial charge in [-0.1, -0.05) is 0 Å². The van der Waals surface area contributed by atoms with Gasteiger partial charge >= 0.3 is 0 Å². The Hall–Kier alpha value is -0.540. The molecule has 0 spiro atoms. The number of unbranched alkanes of at least 4 members (excludes halogenated alkanes) is 1. The summed E-state index contributed by atoms with van der Waals surface area (Å²) in [6.45, 7) is 4.45. The summed E-state index contributed by atoms with van der Waals surface area (Å²) in [7, 11) is 4.19. The van der Waals surface area contributed by atoms with Crippen LogP contribution >= 0.6 is 11.3 Å². The van der Waals surface area contributed by atoms with Crippen LogP contribution in [0.1, 0.15) is 18.4 Å². The maximum absolute atomic E-state index is 3.17. The number of hydrogen-bond donors (Lipinski definition) is 1. The third-order valence-electron chi connectivity index (χ3n) is 2.35. The van der Waals surface area contributed by atoms with Crippen LogP contribution in [0.25, 0.3) is 0 Å². The van der Waals surface area contributed by atoms with Crippen molar-refractivity contribution in [2.75, 3.05) is 32.1 Å². The number of aryl methyl sites for hydroxylation is 1. The zero-order chi connectivity index (χ0) is 10.4. The lowest BCUT2D eigenvalue weighted by molar-refractivity contribution is 0.672. The number of thiophene rings is 1. The first-order valence-electron chi connectivity index (χ1n) is 5.15. The first-order valence-corrected chi connectivity index (χ1v) is 6.03. The fraction of sp³-hybridized carbons (Fsp3) is 0.636. The van der Waals surface area contributed by atoms with Crippen LogP contribution in [0.3, 0.4) is 0 Å². The molecule has 0 atom stereocenters. The Morgan fingerprint density at radius 3 is 2.79 bits per heavy atom. The van der Waals surface area contributed by atoms with E-state index in [1.807, 2.05) is 18.4 Å². The normalized spacial score (nSPS) is 10.5. The maximum atomic E-state index is 3.17. The molecule has 0 unspecified atom stereocenters. The molecule has 0 fully saturated rings. The van der Waals surface area contributed by atoms with Gasteiger partial charge in [0.2, 0.25) is 0 Å². The minimum Gasteiger partial charge on any atom is -0.366 e. The molecule has 0 bridgehead atoms. The van der Waals surface area contributed by atoms with E-state index in [1.165, 1.54) is 23.4 Å². The summed E-state index contributed by atoms with van der Waals surface area (Å²) >= 11 is 1.83. The lowest BCUT2D eigenvalue weighted by Gasteiger charge is -2.18. The molecule has 3 heteroatoms. The minimum atomic E-state index is 1.12. The molecule has 80 valence electrons. The van der Waals surface area contributed by atoms with E-state index in [9.17, 15) is 0 Å². The molecule has 0 saturated carbocycles. The maximum Gasteiger partial charge on any atom is 0.0935 e. The highest BCUT2D eigenvalue weighted by molar-refractivity contribution is 7.14. The molecule has 1 heterocycles. The molecule has 1 N–H and O–H groups in total. The molecule has 0 aliphatic rings. The zero-order valence-corrected chi connectivity index (χ0v) is 10.2. The van der Waals surface area contributed by atoms with Crippen LogP contribution in [0.4, 0.5) is 5.00 Å². The topological polar surface area (TPSA) is 15.3 Å². The Bertz CT molecular complexity index is 258. The highest BCUT2D eigenvalue weighted by Crippen LogP contribution is 2.25. The first-order chi connectivity index (χ1) is 6.75. The Kier molecular flexibility index (Phi) is 4.98. The molecular formula is C11H20N2S. The van der Waals surface area contributed by atoms with Gasteiger partial charge in [-0.15, -0.1) is 11.3 Å². The Morgan fingerprint density at radius 1 is 1.43 bits per heavy atom. The second kappa shape index (κ2) is 6.04. The Morgan fingerprint density at radius 2 is 2.21 bits per heavy atom.